The van der Waals surface area contributed by atoms with Gasteiger partial charge in [0.25, 0.3) is 0 Å². The molecule has 7 rings (SSSR count). The maximum absolute atomic E-state index is 11.5. The minimum Gasteiger partial charge on any atom is -0.481 e. The molecule has 0 saturated carbocycles. The zero-order valence-corrected chi connectivity index (χ0v) is 28.7. The first-order valence-corrected chi connectivity index (χ1v) is 17.4. The zero-order valence-electron chi connectivity index (χ0n) is 27.2. The molecular weight excluding hydrogens is 659 g/mol. The fraction of sp³-hybridized carbons (Fsp3) is 0.289. The number of benzene rings is 3. The number of ether oxygens (including phenoxy) is 1. The Morgan fingerprint density at radius 2 is 1.41 bits per heavy atom. The van der Waals surface area contributed by atoms with Crippen molar-refractivity contribution in [1.29, 1.82) is 0 Å². The Balaban J connectivity index is 1.09. The van der Waals surface area contributed by atoms with E-state index < -0.39 is 0 Å². The number of H-pyrrole nitrogens is 1. The molecule has 5 aromatic rings. The molecule has 2 aromatic heterocycles. The Kier molecular flexibility index (Phi) is 9.86. The second kappa shape index (κ2) is 14.6. The fourth-order valence-electron chi connectivity index (χ4n) is 6.70. The van der Waals surface area contributed by atoms with E-state index in [0.29, 0.717) is 54.1 Å². The number of aromatic amines is 1. The van der Waals surface area contributed by atoms with Crippen LogP contribution in [0.4, 0.5) is 0 Å². The molecule has 2 fully saturated rings. The largest absolute Gasteiger partial charge is 0.481 e. The second-order valence-electron chi connectivity index (χ2n) is 12.7. The van der Waals surface area contributed by atoms with Gasteiger partial charge in [-0.25, -0.2) is 4.98 Å². The van der Waals surface area contributed by atoms with E-state index in [2.05, 4.69) is 50.5 Å². The number of amides is 2. The highest BCUT2D eigenvalue weighted by molar-refractivity contribution is 6.39. The van der Waals surface area contributed by atoms with Crippen LogP contribution in [-0.2, 0) is 22.7 Å². The second-order valence-corrected chi connectivity index (χ2v) is 13.4. The number of methoxy groups -OCH3 is 1. The van der Waals surface area contributed by atoms with Crippen LogP contribution < -0.4 is 26.0 Å². The van der Waals surface area contributed by atoms with Crippen LogP contribution in [0.25, 0.3) is 44.4 Å². The lowest BCUT2D eigenvalue weighted by atomic mass is 9.96. The molecule has 2 aliphatic heterocycles. The summed E-state index contributed by atoms with van der Waals surface area (Å²) in [5, 5.41) is 15.1. The molecule has 4 heterocycles. The van der Waals surface area contributed by atoms with Gasteiger partial charge in [-0.3, -0.25) is 9.59 Å². The number of carbonyl (C=O) groups is 2. The first-order valence-electron chi connectivity index (χ1n) is 16.6. The number of halogens is 2. The molecule has 5 N–H and O–H groups in total. The molecule has 0 bridgehead atoms. The minimum atomic E-state index is 0.104. The van der Waals surface area contributed by atoms with Gasteiger partial charge in [0, 0.05) is 90.1 Å². The van der Waals surface area contributed by atoms with Crippen LogP contribution in [0.1, 0.15) is 36.9 Å². The zero-order chi connectivity index (χ0) is 33.9. The first kappa shape index (κ1) is 33.1. The average molecular weight is 698 g/mol. The third-order valence-electron chi connectivity index (χ3n) is 9.27. The summed E-state index contributed by atoms with van der Waals surface area (Å²) in [7, 11) is 1.61. The van der Waals surface area contributed by atoms with Gasteiger partial charge in [0.2, 0.25) is 17.7 Å². The van der Waals surface area contributed by atoms with Crippen LogP contribution in [0.2, 0.25) is 10.0 Å². The summed E-state index contributed by atoms with van der Waals surface area (Å²) in [6, 6.07) is 24.6. The third kappa shape index (κ3) is 7.31. The Bertz CT molecular complexity index is 2030. The normalized spacial score (nSPS) is 17.4. The maximum atomic E-state index is 11.5. The van der Waals surface area contributed by atoms with Crippen LogP contribution in [0, 0.1) is 0 Å². The van der Waals surface area contributed by atoms with E-state index in [1.807, 2.05) is 48.5 Å². The van der Waals surface area contributed by atoms with E-state index in [1.165, 1.54) is 0 Å². The molecule has 2 aliphatic rings. The molecule has 9 nitrogen and oxygen atoms in total. The van der Waals surface area contributed by atoms with Crippen molar-refractivity contribution in [1.82, 2.24) is 31.2 Å². The Morgan fingerprint density at radius 3 is 2.06 bits per heavy atom. The van der Waals surface area contributed by atoms with Crippen LogP contribution in [0.15, 0.2) is 72.8 Å². The maximum Gasteiger partial charge on any atom is 0.220 e. The Hall–Kier alpha value is -4.41. The molecule has 2 saturated heterocycles. The number of rotatable bonds is 12. The van der Waals surface area contributed by atoms with Crippen molar-refractivity contribution in [2.24, 2.45) is 0 Å². The first-order chi connectivity index (χ1) is 23.9. The van der Waals surface area contributed by atoms with Gasteiger partial charge in [0.15, 0.2) is 0 Å². The Morgan fingerprint density at radius 1 is 0.776 bits per heavy atom. The molecule has 0 spiro atoms. The lowest BCUT2D eigenvalue weighted by Crippen LogP contribution is -2.35. The van der Waals surface area contributed by atoms with Crippen molar-refractivity contribution >= 4 is 45.9 Å². The summed E-state index contributed by atoms with van der Waals surface area (Å²) in [5.74, 6) is 0.749. The van der Waals surface area contributed by atoms with Gasteiger partial charge in [0.1, 0.15) is 0 Å². The summed E-state index contributed by atoms with van der Waals surface area (Å²) in [4.78, 5) is 31.3. The summed E-state index contributed by atoms with van der Waals surface area (Å²) >= 11 is 14.2. The van der Waals surface area contributed by atoms with E-state index >= 15 is 0 Å². The van der Waals surface area contributed by atoms with Crippen molar-refractivity contribution in [3.8, 4) is 39.4 Å². The molecule has 49 heavy (non-hydrogen) atoms. The van der Waals surface area contributed by atoms with E-state index in [0.717, 1.165) is 69.4 Å². The third-order valence-corrected chi connectivity index (χ3v) is 10.1. The predicted molar refractivity (Wildman–Crippen MR) is 195 cm³/mol. The number of nitrogens with one attached hydrogen (secondary N) is 5. The Labute approximate surface area is 295 Å². The highest BCUT2D eigenvalue weighted by Crippen LogP contribution is 2.42. The summed E-state index contributed by atoms with van der Waals surface area (Å²) in [5.41, 5.74) is 8.02. The fourth-order valence-corrected chi connectivity index (χ4v) is 7.37. The van der Waals surface area contributed by atoms with Crippen molar-refractivity contribution < 1.29 is 14.3 Å². The molecule has 0 radical (unpaired) electrons. The lowest BCUT2D eigenvalue weighted by molar-refractivity contribution is -0.120. The average Bonchev–Trinajstić information content (AvgIpc) is 3.84. The number of pyridine rings is 1. The molecule has 3 aromatic carbocycles. The molecular formula is C38H38Cl2N6O3. The van der Waals surface area contributed by atoms with E-state index in [1.54, 1.807) is 7.11 Å². The summed E-state index contributed by atoms with van der Waals surface area (Å²) in [6.45, 7) is 2.68. The number of fused-ring (bicyclic) bond motifs is 1. The molecule has 252 valence electrons. The van der Waals surface area contributed by atoms with E-state index in [9.17, 15) is 9.59 Å². The molecule has 2 amide bonds. The highest BCUT2D eigenvalue weighted by atomic mass is 35.5. The number of carbonyl (C=O) groups excluding carboxylic acids is 2. The molecule has 2 atom stereocenters. The van der Waals surface area contributed by atoms with Crippen LogP contribution in [0.3, 0.4) is 0 Å². The number of hydrogen-bond acceptors (Lipinski definition) is 6. The predicted octanol–water partition coefficient (Wildman–Crippen LogP) is 6.62. The lowest BCUT2D eigenvalue weighted by Gasteiger charge is -2.16. The molecule has 11 heteroatoms. The minimum absolute atomic E-state index is 0.104. The number of aromatic nitrogens is 2. The molecule has 0 unspecified atom stereocenters. The highest BCUT2D eigenvalue weighted by Gasteiger charge is 2.22. The van der Waals surface area contributed by atoms with Crippen molar-refractivity contribution in [2.75, 3.05) is 20.2 Å². The van der Waals surface area contributed by atoms with Crippen molar-refractivity contribution in [3.05, 3.63) is 94.1 Å². The van der Waals surface area contributed by atoms with E-state index in [-0.39, 0.29) is 23.9 Å². The van der Waals surface area contributed by atoms with Crippen LogP contribution in [-0.4, -0.2) is 54.1 Å². The van der Waals surface area contributed by atoms with Gasteiger partial charge in [-0.05, 0) is 42.0 Å². The van der Waals surface area contributed by atoms with Crippen LogP contribution >= 0.6 is 23.2 Å². The van der Waals surface area contributed by atoms with Gasteiger partial charge < -0.3 is 31.0 Å². The van der Waals surface area contributed by atoms with Gasteiger partial charge >= 0.3 is 0 Å². The summed E-state index contributed by atoms with van der Waals surface area (Å²) < 4.78 is 5.66. The molecule has 0 aliphatic carbocycles. The van der Waals surface area contributed by atoms with Gasteiger partial charge in [-0.2, -0.15) is 0 Å². The number of nitrogens with zero attached hydrogens (tertiary/aromatic N) is 1. The van der Waals surface area contributed by atoms with Crippen molar-refractivity contribution in [3.63, 3.8) is 0 Å². The monoisotopic (exact) mass is 696 g/mol. The quantitative estimate of drug-likeness (QED) is 0.100. The van der Waals surface area contributed by atoms with Gasteiger partial charge in [0.05, 0.1) is 22.8 Å². The standard InChI is InChI=1S/C38H38Cl2N6O3/c1-49-38-24(18-41-19-25-11-14-34(47)44-25)10-13-32(46-38)31-7-3-6-30(37(31)40)29-5-2-4-28(36(29)39)22-8-9-23-16-27(43-33(23)17-22)21-42-20-26-12-15-35(48)45-26/h2-10,13,16-17,25-26,41-43H,11-12,14-15,18-21H2,1H3,(H,44,47)(H,45,48)/t25-,26-/m0/s1. The number of hydrogen-bond donors (Lipinski definition) is 5. The summed E-state index contributed by atoms with van der Waals surface area (Å²) in [6.07, 6.45) is 2.90. The van der Waals surface area contributed by atoms with Gasteiger partial charge in [-0.15, -0.1) is 0 Å². The SMILES string of the molecule is COc1nc(-c2cccc(-c3cccc(-c4ccc5cc(CNC[C@@H]6CCC(=O)N6)[nH]c5c4)c3Cl)c2Cl)ccc1CNC[C@@H]1CCC(=O)N1. The van der Waals surface area contributed by atoms with E-state index in [4.69, 9.17) is 32.9 Å². The van der Waals surface area contributed by atoms with Crippen LogP contribution in [0.5, 0.6) is 5.88 Å². The van der Waals surface area contributed by atoms with Crippen molar-refractivity contribution in [2.45, 2.75) is 50.9 Å². The topological polar surface area (TPSA) is 120 Å². The van der Waals surface area contributed by atoms with Gasteiger partial charge in [-0.1, -0.05) is 77.8 Å². The smallest absolute Gasteiger partial charge is 0.220 e.